The summed E-state index contributed by atoms with van der Waals surface area (Å²) in [4.78, 5) is 37.4. The first-order valence-electron chi connectivity index (χ1n) is 9.28. The zero-order valence-corrected chi connectivity index (χ0v) is 17.8. The van der Waals surface area contributed by atoms with Crippen molar-refractivity contribution in [3.8, 4) is 0 Å². The first-order chi connectivity index (χ1) is 13.8. The van der Waals surface area contributed by atoms with E-state index in [4.69, 9.17) is 16.3 Å². The minimum absolute atomic E-state index is 0.00831. The highest BCUT2D eigenvalue weighted by Gasteiger charge is 2.26. The number of aromatic amines is 1. The molecule has 3 rings (SSSR count). The van der Waals surface area contributed by atoms with Crippen LogP contribution in [0.1, 0.15) is 52.5 Å². The molecule has 1 aliphatic rings. The first-order valence-corrected chi connectivity index (χ1v) is 11.5. The number of benzene rings is 1. The van der Waals surface area contributed by atoms with Crippen LogP contribution < -0.4 is 5.56 Å². The van der Waals surface area contributed by atoms with Crippen molar-refractivity contribution in [2.45, 2.75) is 26.2 Å². The standard InChI is InChI=1S/C19H22ClN3O5S/c1-3-28-19(26)13-8-7-12(17(24)14-11-21-23(2)18(14)25)15(20)16(13)22-29(27)9-5-4-6-10-29/h7-8,11,21H,3-6,9-10H2,1-2H3. The second kappa shape index (κ2) is 8.54. The molecule has 10 heteroatoms. The molecule has 156 valence electrons. The molecule has 1 saturated heterocycles. The Kier molecular flexibility index (Phi) is 6.28. The molecule has 1 aliphatic heterocycles. The molecule has 0 radical (unpaired) electrons. The van der Waals surface area contributed by atoms with Gasteiger partial charge in [-0.1, -0.05) is 18.0 Å². The molecule has 2 aromatic rings. The smallest absolute Gasteiger partial charge is 0.340 e. The first kappa shape index (κ1) is 21.3. The lowest BCUT2D eigenvalue weighted by Gasteiger charge is -2.17. The lowest BCUT2D eigenvalue weighted by molar-refractivity contribution is 0.0527. The van der Waals surface area contributed by atoms with E-state index in [1.54, 1.807) is 6.92 Å². The van der Waals surface area contributed by atoms with Crippen molar-refractivity contribution >= 4 is 38.8 Å². The zero-order valence-electron chi connectivity index (χ0n) is 16.2. The molecule has 0 amide bonds. The second-order valence-corrected chi connectivity index (χ2v) is 9.68. The highest BCUT2D eigenvalue weighted by atomic mass is 35.5. The van der Waals surface area contributed by atoms with Gasteiger partial charge in [0.25, 0.3) is 5.56 Å². The van der Waals surface area contributed by atoms with Crippen molar-refractivity contribution in [2.24, 2.45) is 11.4 Å². The maximum Gasteiger partial charge on any atom is 0.340 e. The molecule has 0 unspecified atom stereocenters. The van der Waals surface area contributed by atoms with Gasteiger partial charge in [0, 0.05) is 30.3 Å². The van der Waals surface area contributed by atoms with Gasteiger partial charge < -0.3 is 9.84 Å². The molecule has 1 aromatic heterocycles. The van der Waals surface area contributed by atoms with Gasteiger partial charge in [-0.25, -0.2) is 9.00 Å². The Morgan fingerprint density at radius 2 is 1.86 bits per heavy atom. The Bertz CT molecular complexity index is 1130. The zero-order chi connectivity index (χ0) is 21.2. The van der Waals surface area contributed by atoms with Crippen LogP contribution in [-0.4, -0.2) is 43.9 Å². The molecule has 29 heavy (non-hydrogen) atoms. The summed E-state index contributed by atoms with van der Waals surface area (Å²) in [5, 5.41) is 2.52. The van der Waals surface area contributed by atoms with Gasteiger partial charge in [-0.3, -0.25) is 14.3 Å². The van der Waals surface area contributed by atoms with Crippen LogP contribution in [0.5, 0.6) is 0 Å². The quantitative estimate of drug-likeness (QED) is 0.568. The fraction of sp³-hybridized carbons (Fsp3) is 0.421. The number of nitrogens with one attached hydrogen (secondary N) is 1. The summed E-state index contributed by atoms with van der Waals surface area (Å²) < 4.78 is 23.7. The molecule has 0 bridgehead atoms. The second-order valence-electron chi connectivity index (χ2n) is 6.76. The van der Waals surface area contributed by atoms with Crippen LogP contribution in [0.25, 0.3) is 0 Å². The number of hydrogen-bond acceptors (Lipinski definition) is 6. The van der Waals surface area contributed by atoms with E-state index >= 15 is 0 Å². The number of rotatable bonds is 5. The predicted molar refractivity (Wildman–Crippen MR) is 111 cm³/mol. The van der Waals surface area contributed by atoms with E-state index in [1.165, 1.54) is 25.4 Å². The van der Waals surface area contributed by atoms with Crippen molar-refractivity contribution in [1.82, 2.24) is 9.78 Å². The summed E-state index contributed by atoms with van der Waals surface area (Å²) in [6.07, 6.45) is 3.80. The number of ketones is 1. The predicted octanol–water partition coefficient (Wildman–Crippen LogP) is 3.06. The molecule has 0 aliphatic carbocycles. The minimum Gasteiger partial charge on any atom is -0.462 e. The monoisotopic (exact) mass is 439 g/mol. The third-order valence-electron chi connectivity index (χ3n) is 4.72. The van der Waals surface area contributed by atoms with E-state index in [9.17, 15) is 18.6 Å². The highest BCUT2D eigenvalue weighted by Crippen LogP contribution is 2.36. The van der Waals surface area contributed by atoms with Crippen LogP contribution >= 0.6 is 11.6 Å². The molecular weight excluding hydrogens is 418 g/mol. The molecule has 1 fully saturated rings. The maximum atomic E-state index is 13.1. The summed E-state index contributed by atoms with van der Waals surface area (Å²) in [6, 6.07) is 2.73. The summed E-state index contributed by atoms with van der Waals surface area (Å²) in [6.45, 7) is 1.81. The number of H-pyrrole nitrogens is 1. The van der Waals surface area contributed by atoms with Gasteiger partial charge >= 0.3 is 5.97 Å². The van der Waals surface area contributed by atoms with E-state index in [-0.39, 0.29) is 34.0 Å². The summed E-state index contributed by atoms with van der Waals surface area (Å²) in [7, 11) is -1.11. The number of aromatic nitrogens is 2. The molecule has 2 heterocycles. The van der Waals surface area contributed by atoms with Gasteiger partial charge in [0.1, 0.15) is 11.3 Å². The third-order valence-corrected chi connectivity index (χ3v) is 7.47. The lowest BCUT2D eigenvalue weighted by Crippen LogP contribution is -2.20. The number of carbonyl (C=O) groups is 2. The van der Waals surface area contributed by atoms with Crippen LogP contribution in [0.4, 0.5) is 5.69 Å². The molecule has 0 spiro atoms. The fourth-order valence-electron chi connectivity index (χ4n) is 3.16. The average Bonchev–Trinajstić information content (AvgIpc) is 3.02. The van der Waals surface area contributed by atoms with Crippen LogP contribution in [0.2, 0.25) is 5.02 Å². The summed E-state index contributed by atoms with van der Waals surface area (Å²) in [5.41, 5.74) is -0.559. The Morgan fingerprint density at radius 3 is 2.45 bits per heavy atom. The van der Waals surface area contributed by atoms with Crippen molar-refractivity contribution in [3.63, 3.8) is 0 Å². The number of carbonyl (C=O) groups excluding carboxylic acids is 2. The van der Waals surface area contributed by atoms with Crippen LogP contribution in [0.15, 0.2) is 27.5 Å². The number of aryl methyl sites for hydroxylation is 1. The van der Waals surface area contributed by atoms with Crippen LogP contribution in [-0.2, 0) is 21.5 Å². The van der Waals surface area contributed by atoms with Crippen molar-refractivity contribution in [1.29, 1.82) is 0 Å². The van der Waals surface area contributed by atoms with Crippen LogP contribution in [0, 0.1) is 0 Å². The van der Waals surface area contributed by atoms with Crippen molar-refractivity contribution in [2.75, 3.05) is 18.1 Å². The van der Waals surface area contributed by atoms with Gasteiger partial charge in [0.05, 0.1) is 26.9 Å². The Labute approximate surface area is 173 Å². The molecule has 0 saturated carbocycles. The van der Waals surface area contributed by atoms with Crippen molar-refractivity contribution in [3.05, 3.63) is 50.4 Å². The topological polar surface area (TPSA) is 111 Å². The summed E-state index contributed by atoms with van der Waals surface area (Å²) >= 11 is 6.48. The van der Waals surface area contributed by atoms with Gasteiger partial charge in [0.15, 0.2) is 0 Å². The molecule has 8 nitrogen and oxygen atoms in total. The van der Waals surface area contributed by atoms with E-state index in [1.807, 2.05) is 0 Å². The maximum absolute atomic E-state index is 13.1. The number of hydrogen-bond donors (Lipinski definition) is 1. The van der Waals surface area contributed by atoms with Gasteiger partial charge in [-0.2, -0.15) is 4.36 Å². The Hall–Kier alpha value is -2.39. The number of ether oxygens (including phenoxy) is 1. The average molecular weight is 440 g/mol. The largest absolute Gasteiger partial charge is 0.462 e. The van der Waals surface area contributed by atoms with Gasteiger partial charge in [0.2, 0.25) is 5.78 Å². The number of esters is 1. The number of halogens is 1. The highest BCUT2D eigenvalue weighted by molar-refractivity contribution is 7.93. The van der Waals surface area contributed by atoms with Crippen molar-refractivity contribution < 1.29 is 18.5 Å². The molecule has 0 atom stereocenters. The Morgan fingerprint density at radius 1 is 1.21 bits per heavy atom. The van der Waals surface area contributed by atoms with E-state index in [0.717, 1.165) is 23.9 Å². The van der Waals surface area contributed by atoms with Crippen LogP contribution in [0.3, 0.4) is 0 Å². The van der Waals surface area contributed by atoms with E-state index in [2.05, 4.69) is 9.46 Å². The Balaban J connectivity index is 2.19. The lowest BCUT2D eigenvalue weighted by atomic mass is 10.0. The molecule has 1 aromatic carbocycles. The number of nitrogens with zero attached hydrogens (tertiary/aromatic N) is 2. The third kappa shape index (κ3) is 4.30. The fourth-order valence-corrected chi connectivity index (χ4v) is 5.73. The minimum atomic E-state index is -2.60. The van der Waals surface area contributed by atoms with E-state index in [0.29, 0.717) is 11.5 Å². The van der Waals surface area contributed by atoms with Gasteiger partial charge in [-0.15, -0.1) is 0 Å². The van der Waals surface area contributed by atoms with E-state index < -0.39 is 27.0 Å². The van der Waals surface area contributed by atoms with Gasteiger partial charge in [-0.05, 0) is 31.9 Å². The normalized spacial score (nSPS) is 15.7. The molecular formula is C19H22ClN3O5S. The SMILES string of the molecule is CCOC(=O)c1ccc(C(=O)c2c[nH]n(C)c2=O)c(Cl)c1N=S1(=O)CCCCC1. The molecule has 1 N–H and O–H groups in total. The summed E-state index contributed by atoms with van der Waals surface area (Å²) in [5.74, 6) is -0.463.